The van der Waals surface area contributed by atoms with Crippen molar-refractivity contribution < 1.29 is 64.6 Å². The van der Waals surface area contributed by atoms with E-state index in [1.807, 2.05) is 6.92 Å². The first kappa shape index (κ1) is 28.3. The van der Waals surface area contributed by atoms with Crippen LogP contribution in [-0.4, -0.2) is 127 Å². The number of carbonyl (C=O) groups is 1. The Bertz CT molecular complexity index is 621. The number of carboxylic acids is 1. The zero-order valence-electron chi connectivity index (χ0n) is 18.7. The fourth-order valence-corrected chi connectivity index (χ4v) is 3.64. The molecule has 13 heteroatoms. The maximum atomic E-state index is 11.6. The van der Waals surface area contributed by atoms with Crippen molar-refractivity contribution in [1.82, 2.24) is 0 Å². The van der Waals surface area contributed by atoms with Crippen LogP contribution in [0.4, 0.5) is 0 Å². The van der Waals surface area contributed by atoms with Gasteiger partial charge in [-0.15, -0.1) is 0 Å². The van der Waals surface area contributed by atoms with Crippen molar-refractivity contribution in [2.45, 2.75) is 107 Å². The minimum atomic E-state index is -1.85. The van der Waals surface area contributed by atoms with Crippen LogP contribution in [0.2, 0.25) is 0 Å². The van der Waals surface area contributed by atoms with Gasteiger partial charge in [-0.1, -0.05) is 20.3 Å². The van der Waals surface area contributed by atoms with Gasteiger partial charge in [0.05, 0.1) is 24.9 Å². The average molecular weight is 484 g/mol. The number of carboxylic acid groups (broad SMARTS) is 1. The highest BCUT2D eigenvalue weighted by Gasteiger charge is 2.48. The summed E-state index contributed by atoms with van der Waals surface area (Å²) in [5.74, 6) is -1.74. The van der Waals surface area contributed by atoms with E-state index in [4.69, 9.17) is 18.9 Å². The van der Waals surface area contributed by atoms with Gasteiger partial charge in [-0.3, -0.25) is 0 Å². The summed E-state index contributed by atoms with van der Waals surface area (Å²) in [7, 11) is 0. The van der Waals surface area contributed by atoms with Gasteiger partial charge in [0.15, 0.2) is 18.7 Å². The maximum absolute atomic E-state index is 11.6. The molecule has 33 heavy (non-hydrogen) atoms. The molecule has 0 aromatic heterocycles. The van der Waals surface area contributed by atoms with Gasteiger partial charge in [-0.05, 0) is 12.8 Å². The molecular formula is C20H36O13. The van der Waals surface area contributed by atoms with E-state index in [0.29, 0.717) is 6.42 Å². The lowest BCUT2D eigenvalue weighted by Crippen LogP contribution is -2.57. The molecule has 0 saturated carbocycles. The summed E-state index contributed by atoms with van der Waals surface area (Å²) in [5, 5.41) is 79.8. The number of aliphatic hydroxyl groups is 7. The summed E-state index contributed by atoms with van der Waals surface area (Å²) in [4.78, 5) is 11.6. The van der Waals surface area contributed by atoms with E-state index >= 15 is 0 Å². The fourth-order valence-electron chi connectivity index (χ4n) is 3.64. The van der Waals surface area contributed by atoms with Gasteiger partial charge in [0.25, 0.3) is 0 Å². The first-order valence-electron chi connectivity index (χ1n) is 11.0. The molecule has 2 heterocycles. The first-order valence-corrected chi connectivity index (χ1v) is 11.0. The third kappa shape index (κ3) is 6.80. The summed E-state index contributed by atoms with van der Waals surface area (Å²) in [5.41, 5.74) is 0. The second kappa shape index (κ2) is 12.1. The highest BCUT2D eigenvalue weighted by molar-refractivity contribution is 5.73. The fraction of sp³-hybridized carbons (Fsp3) is 0.950. The molecular weight excluding hydrogens is 448 g/mol. The highest BCUT2D eigenvalue weighted by atomic mass is 16.7. The normalized spacial score (nSPS) is 40.8. The number of hydrogen-bond acceptors (Lipinski definition) is 12. The number of aliphatic hydroxyl groups excluding tert-OH is 7. The van der Waals surface area contributed by atoms with Gasteiger partial charge < -0.3 is 59.8 Å². The van der Waals surface area contributed by atoms with Crippen molar-refractivity contribution in [3.63, 3.8) is 0 Å². The lowest BCUT2D eigenvalue weighted by Gasteiger charge is -2.39. The third-order valence-corrected chi connectivity index (χ3v) is 6.21. The molecule has 0 aromatic carbocycles. The zero-order chi connectivity index (χ0) is 25.0. The lowest BCUT2D eigenvalue weighted by molar-refractivity contribution is -0.300. The zero-order valence-corrected chi connectivity index (χ0v) is 18.7. The number of ether oxygens (including phenoxy) is 4. The van der Waals surface area contributed by atoms with E-state index in [1.54, 1.807) is 6.92 Å². The van der Waals surface area contributed by atoms with Crippen molar-refractivity contribution in [3.8, 4) is 0 Å². The molecule has 0 spiro atoms. The van der Waals surface area contributed by atoms with Crippen LogP contribution in [-0.2, 0) is 23.7 Å². The third-order valence-electron chi connectivity index (χ3n) is 6.21. The Labute approximate surface area is 191 Å². The molecule has 2 saturated heterocycles. The van der Waals surface area contributed by atoms with E-state index in [2.05, 4.69) is 0 Å². The molecule has 13 atom stereocenters. The number of hydrogen-bond donors (Lipinski definition) is 8. The van der Waals surface area contributed by atoms with Crippen molar-refractivity contribution in [3.05, 3.63) is 0 Å². The molecule has 0 bridgehead atoms. The largest absolute Gasteiger partial charge is 0.479 e. The van der Waals surface area contributed by atoms with Crippen molar-refractivity contribution in [2.24, 2.45) is 5.92 Å². The van der Waals surface area contributed by atoms with Gasteiger partial charge in [0, 0.05) is 6.42 Å². The van der Waals surface area contributed by atoms with Crippen LogP contribution in [0.25, 0.3) is 0 Å². The quantitative estimate of drug-likeness (QED) is 0.146. The number of aliphatic carboxylic acids is 1. The van der Waals surface area contributed by atoms with Gasteiger partial charge in [0.1, 0.15) is 36.6 Å². The number of rotatable bonds is 11. The molecule has 0 aliphatic carbocycles. The average Bonchev–Trinajstić information content (AvgIpc) is 3.04. The van der Waals surface area contributed by atoms with Crippen LogP contribution >= 0.6 is 0 Å². The van der Waals surface area contributed by atoms with Crippen LogP contribution in [0, 0.1) is 5.92 Å². The van der Waals surface area contributed by atoms with Crippen LogP contribution in [0.3, 0.4) is 0 Å². The Morgan fingerprint density at radius 1 is 0.909 bits per heavy atom. The molecule has 0 aromatic rings. The Balaban J connectivity index is 1.96. The summed E-state index contributed by atoms with van der Waals surface area (Å²) < 4.78 is 21.2. The van der Waals surface area contributed by atoms with Gasteiger partial charge >= 0.3 is 5.97 Å². The van der Waals surface area contributed by atoms with Crippen LogP contribution < -0.4 is 0 Å². The van der Waals surface area contributed by atoms with Crippen LogP contribution in [0.5, 0.6) is 0 Å². The van der Waals surface area contributed by atoms with Crippen molar-refractivity contribution in [2.75, 3.05) is 6.61 Å². The summed E-state index contributed by atoms with van der Waals surface area (Å²) >= 11 is 0. The molecule has 2 aliphatic rings. The molecule has 2 aliphatic heterocycles. The van der Waals surface area contributed by atoms with Crippen LogP contribution in [0.1, 0.15) is 33.6 Å². The standard InChI is InChI=1S/C20H36O13/c1-4-7(2)9(21)5-10(22)17(18(28)29)33-20-15(26)13(24)11(32-20)6-30-19-16(27)14(25)12(23)8(3)31-19/h7-17,19-27H,4-6H2,1-3H3,(H,28,29)/t7?,8-,9?,10?,11-,12-,13-,14+,15+,16+,17?,19+,20?/m0/s1. The predicted molar refractivity (Wildman–Crippen MR) is 108 cm³/mol. The Morgan fingerprint density at radius 2 is 1.52 bits per heavy atom. The smallest absolute Gasteiger partial charge is 0.335 e. The SMILES string of the molecule is CCC(C)C(O)CC(O)C(OC1O[C@@H](CO[C@@H]2O[C@@H](C)[C@H](O)[C@@H](O)[C@H]2O)[C@H](O)[C@H]1O)C(=O)O. The molecule has 194 valence electrons. The van der Waals surface area contributed by atoms with E-state index < -0.39 is 86.2 Å². The van der Waals surface area contributed by atoms with Gasteiger partial charge in [-0.25, -0.2) is 4.79 Å². The van der Waals surface area contributed by atoms with E-state index in [9.17, 15) is 45.6 Å². The molecule has 13 nitrogen and oxygen atoms in total. The second-order valence-electron chi connectivity index (χ2n) is 8.69. The van der Waals surface area contributed by atoms with E-state index in [-0.39, 0.29) is 12.3 Å². The van der Waals surface area contributed by atoms with Gasteiger partial charge in [0.2, 0.25) is 0 Å². The molecule has 0 amide bonds. The molecule has 2 rings (SSSR count). The van der Waals surface area contributed by atoms with E-state index in [1.165, 1.54) is 6.92 Å². The topological polar surface area (TPSA) is 216 Å². The van der Waals surface area contributed by atoms with Crippen molar-refractivity contribution >= 4 is 5.97 Å². The first-order chi connectivity index (χ1) is 15.4. The highest BCUT2D eigenvalue weighted by Crippen LogP contribution is 2.27. The Morgan fingerprint density at radius 3 is 2.09 bits per heavy atom. The summed E-state index contributed by atoms with van der Waals surface area (Å²) in [6.45, 7) is 4.59. The Kier molecular flexibility index (Phi) is 10.4. The monoisotopic (exact) mass is 484 g/mol. The molecule has 8 N–H and O–H groups in total. The minimum Gasteiger partial charge on any atom is -0.479 e. The predicted octanol–water partition coefficient (Wildman–Crippen LogP) is -3.09. The second-order valence-corrected chi connectivity index (χ2v) is 8.69. The van der Waals surface area contributed by atoms with Crippen LogP contribution in [0.15, 0.2) is 0 Å². The lowest BCUT2D eigenvalue weighted by atomic mass is 9.95. The minimum absolute atomic E-state index is 0.189. The maximum Gasteiger partial charge on any atom is 0.335 e. The molecule has 0 radical (unpaired) electrons. The summed E-state index contributed by atoms with van der Waals surface area (Å²) in [6.07, 6.45) is -16.9. The van der Waals surface area contributed by atoms with Gasteiger partial charge in [-0.2, -0.15) is 0 Å². The van der Waals surface area contributed by atoms with E-state index in [0.717, 1.165) is 0 Å². The molecule has 5 unspecified atom stereocenters. The molecule has 2 fully saturated rings. The summed E-state index contributed by atoms with van der Waals surface area (Å²) in [6, 6.07) is 0. The Hall–Kier alpha value is -0.970. The van der Waals surface area contributed by atoms with Crippen molar-refractivity contribution in [1.29, 1.82) is 0 Å².